The summed E-state index contributed by atoms with van der Waals surface area (Å²) in [6, 6.07) is 4.14. The van der Waals surface area contributed by atoms with Crippen LogP contribution in [0.5, 0.6) is 5.75 Å². The molecule has 0 atom stereocenters. The van der Waals surface area contributed by atoms with Crippen LogP contribution in [-0.2, 0) is 0 Å². The van der Waals surface area contributed by atoms with Gasteiger partial charge < -0.3 is 4.74 Å². The molecule has 0 bridgehead atoms. The maximum Gasteiger partial charge on any atom is 0.129 e. The molecular weight excluding hydrogens is 214 g/mol. The van der Waals surface area contributed by atoms with Gasteiger partial charge in [-0.3, -0.25) is 0 Å². The van der Waals surface area contributed by atoms with E-state index in [1.54, 1.807) is 29.8 Å². The molecule has 1 aromatic carbocycles. The summed E-state index contributed by atoms with van der Waals surface area (Å²) >= 11 is 3.37. The number of rotatable bonds is 1. The van der Waals surface area contributed by atoms with Crippen LogP contribution in [0.3, 0.4) is 0 Å². The van der Waals surface area contributed by atoms with E-state index in [0.29, 0.717) is 0 Å². The van der Waals surface area contributed by atoms with Crippen LogP contribution in [0.2, 0.25) is 0 Å². The molecule has 70 valence electrons. The van der Waals surface area contributed by atoms with Crippen molar-refractivity contribution < 1.29 is 4.74 Å². The summed E-state index contributed by atoms with van der Waals surface area (Å²) in [5.74, 6) is 0.943. The molecule has 0 aliphatic heterocycles. The zero-order chi connectivity index (χ0) is 9.54. The van der Waals surface area contributed by atoms with Gasteiger partial charge in [0, 0.05) is 11.5 Å². The van der Waals surface area contributed by atoms with Gasteiger partial charge in [-0.1, -0.05) is 0 Å². The summed E-state index contributed by atoms with van der Waals surface area (Å²) in [6.45, 7) is 0. The van der Waals surface area contributed by atoms with Crippen LogP contribution in [0.15, 0.2) is 23.0 Å². The van der Waals surface area contributed by atoms with Gasteiger partial charge in [0.2, 0.25) is 0 Å². The Bertz CT molecular complexity index is 596. The molecule has 0 N–H and O–H groups in total. The Hall–Kier alpha value is -1.13. The van der Waals surface area contributed by atoms with Crippen molar-refractivity contribution in [2.24, 2.45) is 0 Å². The number of benzene rings is 1. The third-order valence-electron chi connectivity index (χ3n) is 2.22. The third kappa shape index (κ3) is 0.980. The minimum Gasteiger partial charge on any atom is -0.496 e. The van der Waals surface area contributed by atoms with Crippen molar-refractivity contribution in [3.05, 3.63) is 23.0 Å². The molecule has 4 heteroatoms. The number of thiazole rings is 1. The lowest BCUT2D eigenvalue weighted by Gasteiger charge is -2.01. The topological polar surface area (TPSA) is 22.1 Å². The van der Waals surface area contributed by atoms with Crippen molar-refractivity contribution in [3.8, 4) is 5.75 Å². The van der Waals surface area contributed by atoms with E-state index in [1.807, 2.05) is 5.51 Å². The number of hydrogen-bond donors (Lipinski definition) is 0. The summed E-state index contributed by atoms with van der Waals surface area (Å²) in [6.07, 6.45) is 0. The first-order chi connectivity index (χ1) is 6.90. The van der Waals surface area contributed by atoms with E-state index >= 15 is 0 Å². The summed E-state index contributed by atoms with van der Waals surface area (Å²) in [7, 11) is 1.71. The quantitative estimate of drug-likeness (QED) is 0.627. The highest BCUT2D eigenvalue weighted by molar-refractivity contribution is 7.20. The van der Waals surface area contributed by atoms with Crippen LogP contribution in [0.1, 0.15) is 0 Å². The van der Waals surface area contributed by atoms with Gasteiger partial charge in [0.15, 0.2) is 0 Å². The number of fused-ring (bicyclic) bond motifs is 3. The van der Waals surface area contributed by atoms with Crippen LogP contribution >= 0.6 is 22.7 Å². The van der Waals surface area contributed by atoms with Crippen LogP contribution in [0, 0.1) is 0 Å². The van der Waals surface area contributed by atoms with E-state index in [-0.39, 0.29) is 0 Å². The molecule has 0 aliphatic carbocycles. The minimum atomic E-state index is 0.943. The second-order valence-corrected chi connectivity index (χ2v) is 4.74. The SMILES string of the molecule is COc1cc2scnc2c2sccc12. The lowest BCUT2D eigenvalue weighted by Crippen LogP contribution is -1.82. The monoisotopic (exact) mass is 221 g/mol. The number of methoxy groups -OCH3 is 1. The zero-order valence-electron chi connectivity index (χ0n) is 7.48. The highest BCUT2D eigenvalue weighted by atomic mass is 32.1. The fourth-order valence-electron chi connectivity index (χ4n) is 1.58. The maximum absolute atomic E-state index is 5.35. The minimum absolute atomic E-state index is 0.943. The first-order valence-corrected chi connectivity index (χ1v) is 5.93. The molecule has 14 heavy (non-hydrogen) atoms. The largest absolute Gasteiger partial charge is 0.496 e. The molecule has 0 saturated heterocycles. The second kappa shape index (κ2) is 2.93. The first kappa shape index (κ1) is 8.20. The Morgan fingerprint density at radius 3 is 3.14 bits per heavy atom. The van der Waals surface area contributed by atoms with Crippen LogP contribution in [0.25, 0.3) is 20.3 Å². The fraction of sp³-hybridized carbons (Fsp3) is 0.100. The number of thiophene rings is 1. The Balaban J connectivity index is 2.59. The first-order valence-electron chi connectivity index (χ1n) is 4.17. The average molecular weight is 221 g/mol. The van der Waals surface area contributed by atoms with E-state index in [9.17, 15) is 0 Å². The van der Waals surface area contributed by atoms with E-state index in [1.165, 1.54) is 9.40 Å². The van der Waals surface area contributed by atoms with Gasteiger partial charge in [-0.05, 0) is 11.4 Å². The average Bonchev–Trinajstić information content (AvgIpc) is 2.83. The van der Waals surface area contributed by atoms with Crippen molar-refractivity contribution >= 4 is 43.0 Å². The van der Waals surface area contributed by atoms with Gasteiger partial charge in [-0.15, -0.1) is 22.7 Å². The molecule has 0 spiro atoms. The number of aromatic nitrogens is 1. The predicted octanol–water partition coefficient (Wildman–Crippen LogP) is 3.52. The van der Waals surface area contributed by atoms with Gasteiger partial charge in [0.1, 0.15) is 5.75 Å². The van der Waals surface area contributed by atoms with Crippen LogP contribution in [-0.4, -0.2) is 12.1 Å². The molecule has 0 amide bonds. The molecule has 0 radical (unpaired) electrons. The number of ether oxygens (including phenoxy) is 1. The number of hydrogen-bond acceptors (Lipinski definition) is 4. The molecule has 0 unspecified atom stereocenters. The van der Waals surface area contributed by atoms with Crippen molar-refractivity contribution in [1.29, 1.82) is 0 Å². The van der Waals surface area contributed by atoms with Crippen molar-refractivity contribution in [3.63, 3.8) is 0 Å². The Morgan fingerprint density at radius 1 is 1.36 bits per heavy atom. The lowest BCUT2D eigenvalue weighted by atomic mass is 10.2. The Morgan fingerprint density at radius 2 is 2.29 bits per heavy atom. The van der Waals surface area contributed by atoms with Gasteiger partial charge in [-0.2, -0.15) is 0 Å². The third-order valence-corrected chi connectivity index (χ3v) is 3.92. The smallest absolute Gasteiger partial charge is 0.129 e. The van der Waals surface area contributed by atoms with E-state index in [2.05, 4.69) is 22.5 Å². The molecule has 2 nitrogen and oxygen atoms in total. The molecular formula is C10H7NOS2. The molecule has 0 saturated carbocycles. The van der Waals surface area contributed by atoms with E-state index in [0.717, 1.165) is 16.7 Å². The Kier molecular flexibility index (Phi) is 1.72. The number of nitrogens with zero attached hydrogens (tertiary/aromatic N) is 1. The molecule has 3 aromatic rings. The Labute approximate surface area is 88.8 Å². The fourth-order valence-corrected chi connectivity index (χ4v) is 3.27. The highest BCUT2D eigenvalue weighted by Crippen LogP contribution is 2.37. The normalized spacial score (nSPS) is 11.2. The molecule has 3 rings (SSSR count). The van der Waals surface area contributed by atoms with Gasteiger partial charge in [0.05, 0.1) is 27.5 Å². The van der Waals surface area contributed by atoms with Crippen molar-refractivity contribution in [1.82, 2.24) is 4.98 Å². The maximum atomic E-state index is 5.35. The van der Waals surface area contributed by atoms with Gasteiger partial charge >= 0.3 is 0 Å². The summed E-state index contributed by atoms with van der Waals surface area (Å²) in [4.78, 5) is 4.37. The zero-order valence-corrected chi connectivity index (χ0v) is 9.11. The highest BCUT2D eigenvalue weighted by Gasteiger charge is 2.09. The van der Waals surface area contributed by atoms with Gasteiger partial charge in [-0.25, -0.2) is 4.98 Å². The van der Waals surface area contributed by atoms with Crippen LogP contribution in [0.4, 0.5) is 0 Å². The predicted molar refractivity (Wildman–Crippen MR) is 61.6 cm³/mol. The summed E-state index contributed by atoms with van der Waals surface area (Å²) < 4.78 is 7.76. The molecule has 0 aliphatic rings. The van der Waals surface area contributed by atoms with Crippen molar-refractivity contribution in [2.45, 2.75) is 0 Å². The van der Waals surface area contributed by atoms with E-state index < -0.39 is 0 Å². The van der Waals surface area contributed by atoms with Gasteiger partial charge in [0.25, 0.3) is 0 Å². The summed E-state index contributed by atoms with van der Waals surface area (Å²) in [5.41, 5.74) is 2.98. The molecule has 0 fully saturated rings. The summed E-state index contributed by atoms with van der Waals surface area (Å²) in [5, 5.41) is 3.24. The molecule has 2 heterocycles. The van der Waals surface area contributed by atoms with Crippen molar-refractivity contribution in [2.75, 3.05) is 7.11 Å². The standard InChI is InChI=1S/C10H7NOS2/c1-12-7-4-8-9(11-5-14-8)10-6(7)2-3-13-10/h2-5H,1H3. The molecule has 2 aromatic heterocycles. The lowest BCUT2D eigenvalue weighted by molar-refractivity contribution is 0.420. The van der Waals surface area contributed by atoms with E-state index in [4.69, 9.17) is 4.74 Å². The second-order valence-electron chi connectivity index (χ2n) is 2.94. The van der Waals surface area contributed by atoms with Crippen LogP contribution < -0.4 is 4.74 Å².